The largest absolute Gasteiger partial charge is 0.378 e. The highest BCUT2D eigenvalue weighted by atomic mass is 16.5. The van der Waals surface area contributed by atoms with E-state index in [0.717, 1.165) is 24.8 Å². The van der Waals surface area contributed by atoms with E-state index in [-0.39, 0.29) is 18.4 Å². The van der Waals surface area contributed by atoms with Gasteiger partial charge in [0.1, 0.15) is 6.54 Å². The zero-order valence-corrected chi connectivity index (χ0v) is 14.6. The van der Waals surface area contributed by atoms with Gasteiger partial charge in [-0.1, -0.05) is 44.0 Å². The standard InChI is InChI=1S/C20H26N2O3/c1-15-17-10-5-6-11-18(17)20(24)22(15)14-19(23)21-12-7-13-25-16-8-3-2-4-9-16/h5-6,10-11,16H,1-4,7-9,12-14H2,(H,21,23). The number of hydrogen-bond donors (Lipinski definition) is 1. The monoisotopic (exact) mass is 342 g/mol. The number of ether oxygens (including phenoxy) is 1. The molecular weight excluding hydrogens is 316 g/mol. The molecule has 2 amide bonds. The minimum Gasteiger partial charge on any atom is -0.378 e. The molecule has 0 aromatic heterocycles. The highest BCUT2D eigenvalue weighted by molar-refractivity contribution is 6.10. The van der Waals surface area contributed by atoms with Crippen LogP contribution < -0.4 is 5.32 Å². The van der Waals surface area contributed by atoms with E-state index in [1.807, 2.05) is 18.2 Å². The second-order valence-corrected chi connectivity index (χ2v) is 6.72. The van der Waals surface area contributed by atoms with E-state index in [9.17, 15) is 9.59 Å². The van der Waals surface area contributed by atoms with E-state index >= 15 is 0 Å². The molecule has 1 saturated carbocycles. The van der Waals surface area contributed by atoms with Crippen LogP contribution >= 0.6 is 0 Å². The van der Waals surface area contributed by atoms with Crippen LogP contribution in [-0.4, -0.2) is 42.5 Å². The van der Waals surface area contributed by atoms with Crippen molar-refractivity contribution in [3.8, 4) is 0 Å². The molecule has 0 unspecified atom stereocenters. The van der Waals surface area contributed by atoms with Crippen LogP contribution in [0.2, 0.25) is 0 Å². The summed E-state index contributed by atoms with van der Waals surface area (Å²) in [4.78, 5) is 25.9. The molecule has 1 fully saturated rings. The van der Waals surface area contributed by atoms with Crippen molar-refractivity contribution in [3.63, 3.8) is 0 Å². The van der Waals surface area contributed by atoms with Crippen molar-refractivity contribution in [2.45, 2.75) is 44.6 Å². The average molecular weight is 342 g/mol. The Morgan fingerprint density at radius 3 is 2.64 bits per heavy atom. The van der Waals surface area contributed by atoms with Crippen LogP contribution in [0.3, 0.4) is 0 Å². The minimum atomic E-state index is -0.167. The van der Waals surface area contributed by atoms with Gasteiger partial charge in [0.15, 0.2) is 0 Å². The van der Waals surface area contributed by atoms with E-state index in [1.54, 1.807) is 6.07 Å². The Hall–Kier alpha value is -2.14. The van der Waals surface area contributed by atoms with Gasteiger partial charge in [-0.15, -0.1) is 0 Å². The first-order chi connectivity index (χ1) is 12.2. The van der Waals surface area contributed by atoms with Gasteiger partial charge in [-0.25, -0.2) is 0 Å². The zero-order valence-electron chi connectivity index (χ0n) is 14.6. The van der Waals surface area contributed by atoms with Gasteiger partial charge in [0, 0.05) is 30.0 Å². The van der Waals surface area contributed by atoms with Crippen LogP contribution in [-0.2, 0) is 9.53 Å². The molecule has 1 aliphatic carbocycles. The summed E-state index contributed by atoms with van der Waals surface area (Å²) >= 11 is 0. The van der Waals surface area contributed by atoms with Gasteiger partial charge in [-0.2, -0.15) is 0 Å². The second-order valence-electron chi connectivity index (χ2n) is 6.72. The van der Waals surface area contributed by atoms with Crippen LogP contribution in [0.15, 0.2) is 30.8 Å². The van der Waals surface area contributed by atoms with Crippen LogP contribution in [0.25, 0.3) is 5.70 Å². The number of fused-ring (bicyclic) bond motifs is 1. The number of carbonyl (C=O) groups excluding carboxylic acids is 2. The van der Waals surface area contributed by atoms with Crippen LogP contribution in [0, 0.1) is 0 Å². The minimum absolute atomic E-state index is 0.00975. The fourth-order valence-corrected chi connectivity index (χ4v) is 3.48. The summed E-state index contributed by atoms with van der Waals surface area (Å²) < 4.78 is 5.84. The summed E-state index contributed by atoms with van der Waals surface area (Å²) in [7, 11) is 0. The van der Waals surface area contributed by atoms with Crippen molar-refractivity contribution >= 4 is 17.5 Å². The van der Waals surface area contributed by atoms with E-state index in [4.69, 9.17) is 4.74 Å². The van der Waals surface area contributed by atoms with Gasteiger partial charge in [0.05, 0.1) is 6.10 Å². The zero-order chi connectivity index (χ0) is 17.6. The first-order valence-corrected chi connectivity index (χ1v) is 9.15. The maximum atomic E-state index is 12.4. The highest BCUT2D eigenvalue weighted by Gasteiger charge is 2.31. The molecule has 5 nitrogen and oxygen atoms in total. The Morgan fingerprint density at radius 1 is 1.20 bits per heavy atom. The predicted octanol–water partition coefficient (Wildman–Crippen LogP) is 2.97. The van der Waals surface area contributed by atoms with Gasteiger partial charge in [0.2, 0.25) is 5.91 Å². The number of nitrogens with one attached hydrogen (secondary N) is 1. The summed E-state index contributed by atoms with van der Waals surface area (Å²) in [6.45, 7) is 5.19. The van der Waals surface area contributed by atoms with Gasteiger partial charge in [-0.3, -0.25) is 14.5 Å². The number of benzene rings is 1. The van der Waals surface area contributed by atoms with Crippen LogP contribution in [0.4, 0.5) is 0 Å². The summed E-state index contributed by atoms with van der Waals surface area (Å²) in [5.41, 5.74) is 2.01. The number of nitrogens with zero attached hydrogens (tertiary/aromatic N) is 1. The highest BCUT2D eigenvalue weighted by Crippen LogP contribution is 2.30. The lowest BCUT2D eigenvalue weighted by molar-refractivity contribution is -0.121. The molecule has 2 aliphatic rings. The van der Waals surface area contributed by atoms with Crippen LogP contribution in [0.1, 0.15) is 54.4 Å². The quantitative estimate of drug-likeness (QED) is 0.775. The molecular formula is C20H26N2O3. The SMILES string of the molecule is C=C1c2ccccc2C(=O)N1CC(=O)NCCCOC1CCCCC1. The molecule has 1 aliphatic heterocycles. The average Bonchev–Trinajstić information content (AvgIpc) is 2.88. The smallest absolute Gasteiger partial charge is 0.259 e. The molecule has 0 atom stereocenters. The number of carbonyl (C=O) groups is 2. The van der Waals surface area contributed by atoms with E-state index in [2.05, 4.69) is 11.9 Å². The molecule has 1 aromatic rings. The lowest BCUT2D eigenvalue weighted by Crippen LogP contribution is -2.37. The van der Waals surface area contributed by atoms with E-state index < -0.39 is 0 Å². The predicted molar refractivity (Wildman–Crippen MR) is 97.0 cm³/mol. The molecule has 0 spiro atoms. The lowest BCUT2D eigenvalue weighted by atomic mass is 9.98. The molecule has 3 rings (SSSR count). The Bertz CT molecular complexity index is 615. The summed E-state index contributed by atoms with van der Waals surface area (Å²) in [6, 6.07) is 7.31. The maximum absolute atomic E-state index is 12.4. The lowest BCUT2D eigenvalue weighted by Gasteiger charge is -2.22. The van der Waals surface area contributed by atoms with Crippen LogP contribution in [0.5, 0.6) is 0 Å². The van der Waals surface area contributed by atoms with Crippen molar-refractivity contribution in [2.75, 3.05) is 19.7 Å². The van der Waals surface area contributed by atoms with Crippen molar-refractivity contribution in [1.29, 1.82) is 0 Å². The third-order valence-corrected chi connectivity index (χ3v) is 4.89. The van der Waals surface area contributed by atoms with Crippen molar-refractivity contribution in [1.82, 2.24) is 10.2 Å². The number of amides is 2. The third kappa shape index (κ3) is 4.28. The number of rotatable bonds is 7. The fraction of sp³-hybridized carbons (Fsp3) is 0.500. The second kappa shape index (κ2) is 8.30. The summed E-state index contributed by atoms with van der Waals surface area (Å²) in [6.07, 6.45) is 7.35. The van der Waals surface area contributed by atoms with E-state index in [0.29, 0.717) is 30.5 Å². The first-order valence-electron chi connectivity index (χ1n) is 9.15. The van der Waals surface area contributed by atoms with Gasteiger partial charge in [-0.05, 0) is 25.3 Å². The van der Waals surface area contributed by atoms with Crippen molar-refractivity contribution < 1.29 is 14.3 Å². The Morgan fingerprint density at radius 2 is 1.92 bits per heavy atom. The topological polar surface area (TPSA) is 58.6 Å². The normalized spacial score (nSPS) is 17.7. The Balaban J connectivity index is 1.37. The molecule has 0 saturated heterocycles. The molecule has 5 heteroatoms. The summed E-state index contributed by atoms with van der Waals surface area (Å²) in [5.74, 6) is -0.323. The summed E-state index contributed by atoms with van der Waals surface area (Å²) in [5, 5.41) is 2.86. The molecule has 134 valence electrons. The first kappa shape index (κ1) is 17.7. The number of hydrogen-bond acceptors (Lipinski definition) is 3. The van der Waals surface area contributed by atoms with E-state index in [1.165, 1.54) is 24.2 Å². The third-order valence-electron chi connectivity index (χ3n) is 4.89. The Kier molecular flexibility index (Phi) is 5.87. The molecule has 1 aromatic carbocycles. The maximum Gasteiger partial charge on any atom is 0.259 e. The Labute approximate surface area is 149 Å². The molecule has 1 N–H and O–H groups in total. The van der Waals surface area contributed by atoms with Crippen molar-refractivity contribution in [2.24, 2.45) is 0 Å². The van der Waals surface area contributed by atoms with Gasteiger partial charge < -0.3 is 10.1 Å². The molecule has 0 bridgehead atoms. The molecule has 0 radical (unpaired) electrons. The van der Waals surface area contributed by atoms with Gasteiger partial charge in [0.25, 0.3) is 5.91 Å². The molecule has 1 heterocycles. The fourth-order valence-electron chi connectivity index (χ4n) is 3.48. The van der Waals surface area contributed by atoms with Gasteiger partial charge >= 0.3 is 0 Å². The molecule has 25 heavy (non-hydrogen) atoms. The van der Waals surface area contributed by atoms with Crippen molar-refractivity contribution in [3.05, 3.63) is 42.0 Å².